The van der Waals surface area contributed by atoms with Gasteiger partial charge in [-0.2, -0.15) is 0 Å². The summed E-state index contributed by atoms with van der Waals surface area (Å²) in [6.45, 7) is 2.11. The van der Waals surface area contributed by atoms with E-state index in [9.17, 15) is 0 Å². The summed E-state index contributed by atoms with van der Waals surface area (Å²) < 4.78 is 0. The maximum atomic E-state index is 4.39. The molecule has 5 heteroatoms. The minimum atomic E-state index is 0.499. The van der Waals surface area contributed by atoms with E-state index in [1.807, 2.05) is 24.8 Å². The zero-order chi connectivity index (χ0) is 13.1. The minimum Gasteiger partial charge on any atom is -0.373 e. The summed E-state index contributed by atoms with van der Waals surface area (Å²) >= 11 is 1.74. The lowest BCUT2D eigenvalue weighted by Crippen LogP contribution is -2.22. The van der Waals surface area contributed by atoms with Gasteiger partial charge in [0.15, 0.2) is 0 Å². The van der Waals surface area contributed by atoms with Gasteiger partial charge in [0.25, 0.3) is 0 Å². The Morgan fingerprint density at radius 2 is 2.37 bits per heavy atom. The van der Waals surface area contributed by atoms with Crippen molar-refractivity contribution >= 4 is 17.2 Å². The Morgan fingerprint density at radius 1 is 1.42 bits per heavy atom. The average Bonchev–Trinajstić information content (AvgIpc) is 3.11. The Morgan fingerprint density at radius 3 is 3.16 bits per heavy atom. The third-order valence-electron chi connectivity index (χ3n) is 3.61. The second-order valence-electron chi connectivity index (χ2n) is 4.78. The number of aromatic nitrogens is 2. The molecule has 0 spiro atoms. The molecule has 0 amide bonds. The molecular formula is C14H18N4S. The predicted octanol–water partition coefficient (Wildman–Crippen LogP) is 2.92. The van der Waals surface area contributed by atoms with E-state index in [1.54, 1.807) is 11.3 Å². The molecule has 100 valence electrons. The summed E-state index contributed by atoms with van der Waals surface area (Å²) in [7, 11) is 1.91. The Kier molecular flexibility index (Phi) is 3.75. The number of rotatable bonds is 4. The minimum absolute atomic E-state index is 0.499. The van der Waals surface area contributed by atoms with Crippen molar-refractivity contribution in [2.75, 3.05) is 18.9 Å². The van der Waals surface area contributed by atoms with Crippen molar-refractivity contribution in [1.82, 2.24) is 14.9 Å². The standard InChI is InChI=1S/C14H18N4S/c1-15-13-9-11(4-5-16-13)12-3-2-7-18(12)10-14-17-6-8-19-14/h4-6,8-9,12H,2-3,7,10H2,1H3,(H,15,16)/t12-/m1/s1. The fourth-order valence-electron chi connectivity index (χ4n) is 2.69. The molecule has 0 saturated carbocycles. The van der Waals surface area contributed by atoms with Crippen LogP contribution in [0, 0.1) is 0 Å². The fourth-order valence-corrected chi connectivity index (χ4v) is 3.33. The molecule has 3 rings (SSSR count). The maximum Gasteiger partial charge on any atom is 0.125 e. The summed E-state index contributed by atoms with van der Waals surface area (Å²) in [5, 5.41) is 6.36. The van der Waals surface area contributed by atoms with E-state index in [0.717, 1.165) is 18.9 Å². The van der Waals surface area contributed by atoms with Crippen LogP contribution in [-0.2, 0) is 6.54 Å². The van der Waals surface area contributed by atoms with Crippen LogP contribution >= 0.6 is 11.3 Å². The van der Waals surface area contributed by atoms with Crippen LogP contribution < -0.4 is 5.32 Å². The molecule has 4 nitrogen and oxygen atoms in total. The van der Waals surface area contributed by atoms with Gasteiger partial charge in [0, 0.05) is 30.9 Å². The molecule has 0 bridgehead atoms. The summed E-state index contributed by atoms with van der Waals surface area (Å²) in [5.41, 5.74) is 1.36. The molecular weight excluding hydrogens is 256 g/mol. The number of nitrogens with zero attached hydrogens (tertiary/aromatic N) is 3. The molecule has 0 aliphatic carbocycles. The highest BCUT2D eigenvalue weighted by Crippen LogP contribution is 2.33. The third kappa shape index (κ3) is 2.77. The Balaban J connectivity index is 1.78. The molecule has 0 radical (unpaired) electrons. The molecule has 1 saturated heterocycles. The summed E-state index contributed by atoms with van der Waals surface area (Å²) in [6, 6.07) is 4.79. The molecule has 2 aromatic heterocycles. The molecule has 19 heavy (non-hydrogen) atoms. The summed E-state index contributed by atoms with van der Waals surface area (Å²) in [6.07, 6.45) is 6.25. The van der Waals surface area contributed by atoms with Crippen molar-refractivity contribution in [2.45, 2.75) is 25.4 Å². The predicted molar refractivity (Wildman–Crippen MR) is 78.3 cm³/mol. The average molecular weight is 274 g/mol. The first-order valence-electron chi connectivity index (χ1n) is 6.63. The quantitative estimate of drug-likeness (QED) is 0.930. The van der Waals surface area contributed by atoms with E-state index in [0.29, 0.717) is 6.04 Å². The van der Waals surface area contributed by atoms with Gasteiger partial charge in [-0.25, -0.2) is 9.97 Å². The van der Waals surface area contributed by atoms with Crippen molar-refractivity contribution < 1.29 is 0 Å². The van der Waals surface area contributed by atoms with Crippen LogP contribution in [0.3, 0.4) is 0 Å². The molecule has 1 atom stereocenters. The highest BCUT2D eigenvalue weighted by atomic mass is 32.1. The van der Waals surface area contributed by atoms with E-state index in [1.165, 1.54) is 23.4 Å². The first-order valence-corrected chi connectivity index (χ1v) is 7.51. The van der Waals surface area contributed by atoms with Crippen LogP contribution in [-0.4, -0.2) is 28.5 Å². The van der Waals surface area contributed by atoms with Crippen LogP contribution in [0.2, 0.25) is 0 Å². The van der Waals surface area contributed by atoms with Gasteiger partial charge in [0.1, 0.15) is 10.8 Å². The number of likely N-dealkylation sites (tertiary alicyclic amines) is 1. The highest BCUT2D eigenvalue weighted by Gasteiger charge is 2.26. The molecule has 0 aromatic carbocycles. The van der Waals surface area contributed by atoms with Crippen LogP contribution in [0.25, 0.3) is 0 Å². The number of hydrogen-bond donors (Lipinski definition) is 1. The zero-order valence-electron chi connectivity index (χ0n) is 11.0. The lowest BCUT2D eigenvalue weighted by Gasteiger charge is -2.24. The van der Waals surface area contributed by atoms with E-state index in [-0.39, 0.29) is 0 Å². The van der Waals surface area contributed by atoms with Gasteiger partial charge in [0.2, 0.25) is 0 Å². The number of thiazole rings is 1. The zero-order valence-corrected chi connectivity index (χ0v) is 11.9. The highest BCUT2D eigenvalue weighted by molar-refractivity contribution is 7.09. The van der Waals surface area contributed by atoms with Crippen LogP contribution in [0.15, 0.2) is 29.9 Å². The maximum absolute atomic E-state index is 4.39. The Hall–Kier alpha value is -1.46. The van der Waals surface area contributed by atoms with Crippen molar-refractivity contribution in [3.05, 3.63) is 40.5 Å². The molecule has 1 fully saturated rings. The van der Waals surface area contributed by atoms with E-state index < -0.39 is 0 Å². The van der Waals surface area contributed by atoms with Gasteiger partial charge in [0.05, 0.1) is 6.54 Å². The van der Waals surface area contributed by atoms with Gasteiger partial charge in [-0.1, -0.05) is 0 Å². The fraction of sp³-hybridized carbons (Fsp3) is 0.429. The molecule has 3 heterocycles. The van der Waals surface area contributed by atoms with Crippen molar-refractivity contribution in [3.63, 3.8) is 0 Å². The number of hydrogen-bond acceptors (Lipinski definition) is 5. The van der Waals surface area contributed by atoms with Crippen LogP contribution in [0.4, 0.5) is 5.82 Å². The smallest absolute Gasteiger partial charge is 0.125 e. The van der Waals surface area contributed by atoms with Crippen LogP contribution in [0.5, 0.6) is 0 Å². The number of anilines is 1. The van der Waals surface area contributed by atoms with Gasteiger partial charge in [-0.15, -0.1) is 11.3 Å². The molecule has 1 aliphatic heterocycles. The topological polar surface area (TPSA) is 41.0 Å². The number of pyridine rings is 1. The number of nitrogens with one attached hydrogen (secondary N) is 1. The second kappa shape index (κ2) is 5.67. The molecule has 1 N–H and O–H groups in total. The van der Waals surface area contributed by atoms with E-state index in [2.05, 4.69) is 32.3 Å². The van der Waals surface area contributed by atoms with Crippen molar-refractivity contribution in [3.8, 4) is 0 Å². The monoisotopic (exact) mass is 274 g/mol. The van der Waals surface area contributed by atoms with Crippen molar-refractivity contribution in [2.24, 2.45) is 0 Å². The normalized spacial score (nSPS) is 19.7. The van der Waals surface area contributed by atoms with Gasteiger partial charge in [-0.3, -0.25) is 4.90 Å². The largest absolute Gasteiger partial charge is 0.373 e. The van der Waals surface area contributed by atoms with Crippen LogP contribution in [0.1, 0.15) is 29.5 Å². The van der Waals surface area contributed by atoms with Crippen molar-refractivity contribution in [1.29, 1.82) is 0 Å². The van der Waals surface area contributed by atoms with Gasteiger partial charge >= 0.3 is 0 Å². The molecule has 0 unspecified atom stereocenters. The van der Waals surface area contributed by atoms with Gasteiger partial charge in [-0.05, 0) is 37.1 Å². The lowest BCUT2D eigenvalue weighted by molar-refractivity contribution is 0.248. The molecule has 1 aliphatic rings. The first kappa shape index (κ1) is 12.6. The summed E-state index contributed by atoms with van der Waals surface area (Å²) in [5.74, 6) is 0.943. The Bertz CT molecular complexity index is 526. The lowest BCUT2D eigenvalue weighted by atomic mass is 10.1. The Labute approximate surface area is 117 Å². The first-order chi connectivity index (χ1) is 9.36. The van der Waals surface area contributed by atoms with Gasteiger partial charge < -0.3 is 5.32 Å². The van der Waals surface area contributed by atoms with E-state index in [4.69, 9.17) is 0 Å². The SMILES string of the molecule is CNc1cc([C@H]2CCCN2Cc2nccs2)ccn1. The summed E-state index contributed by atoms with van der Waals surface area (Å²) in [4.78, 5) is 11.2. The van der Waals surface area contributed by atoms with E-state index >= 15 is 0 Å². The molecule has 2 aromatic rings. The second-order valence-corrected chi connectivity index (χ2v) is 5.76. The third-order valence-corrected chi connectivity index (χ3v) is 4.37.